The van der Waals surface area contributed by atoms with Crippen molar-refractivity contribution in [1.82, 2.24) is 9.80 Å². The quantitative estimate of drug-likeness (QED) is 0.875. The van der Waals surface area contributed by atoms with Gasteiger partial charge in [0.25, 0.3) is 0 Å². The van der Waals surface area contributed by atoms with E-state index in [4.69, 9.17) is 9.47 Å². The van der Waals surface area contributed by atoms with Gasteiger partial charge in [0.2, 0.25) is 0 Å². The van der Waals surface area contributed by atoms with E-state index in [-0.39, 0.29) is 12.1 Å². The zero-order valence-corrected chi connectivity index (χ0v) is 15.9. The predicted molar refractivity (Wildman–Crippen MR) is 103 cm³/mol. The Labute approximate surface area is 156 Å². The number of carbonyl (C=O) groups is 1. The molecule has 1 N–H and O–H groups in total. The summed E-state index contributed by atoms with van der Waals surface area (Å²) in [6.45, 7) is 2.91. The fourth-order valence-electron chi connectivity index (χ4n) is 3.60. The van der Waals surface area contributed by atoms with E-state index < -0.39 is 0 Å². The van der Waals surface area contributed by atoms with Crippen LogP contribution in [-0.2, 0) is 4.74 Å². The minimum absolute atomic E-state index is 0.0489. The van der Waals surface area contributed by atoms with E-state index in [1.54, 1.807) is 0 Å². The maximum absolute atomic E-state index is 12.6. The Morgan fingerprint density at radius 1 is 1.23 bits per heavy atom. The largest absolute Gasteiger partial charge is 0.489 e. The molecule has 2 fully saturated rings. The Morgan fingerprint density at radius 2 is 2.00 bits per heavy atom. The standard InChI is InChI=1S/C20H31N3O3/c1-22(2)16-10-12-23(13-11-16)20(24)21-18-8-3-4-9-19(18)26-15-17-7-5-6-14-25-17/h3-4,8-9,16-17H,5-7,10-15H2,1-2H3,(H,21,24)/t17-/m0/s1. The molecule has 0 aliphatic carbocycles. The van der Waals surface area contributed by atoms with Gasteiger partial charge in [-0.15, -0.1) is 0 Å². The number of ether oxygens (including phenoxy) is 2. The molecule has 6 heteroatoms. The zero-order chi connectivity index (χ0) is 18.4. The molecule has 2 heterocycles. The molecule has 0 aromatic heterocycles. The van der Waals surface area contributed by atoms with E-state index in [1.807, 2.05) is 29.2 Å². The first-order chi connectivity index (χ1) is 12.6. The summed E-state index contributed by atoms with van der Waals surface area (Å²) in [7, 11) is 4.20. The molecule has 0 saturated carbocycles. The number of urea groups is 1. The number of amides is 2. The molecule has 2 aliphatic rings. The highest BCUT2D eigenvalue weighted by Gasteiger charge is 2.24. The number of benzene rings is 1. The number of hydrogen-bond acceptors (Lipinski definition) is 4. The zero-order valence-electron chi connectivity index (χ0n) is 15.9. The average Bonchev–Trinajstić information content (AvgIpc) is 2.68. The van der Waals surface area contributed by atoms with Gasteiger partial charge in [-0.1, -0.05) is 12.1 Å². The number of hydrogen-bond donors (Lipinski definition) is 1. The molecule has 6 nitrogen and oxygen atoms in total. The molecule has 2 amide bonds. The fraction of sp³-hybridized carbons (Fsp3) is 0.650. The van der Waals surface area contributed by atoms with E-state index in [9.17, 15) is 4.79 Å². The molecule has 0 bridgehead atoms. The van der Waals surface area contributed by atoms with Crippen LogP contribution < -0.4 is 10.1 Å². The van der Waals surface area contributed by atoms with Crippen molar-refractivity contribution in [2.45, 2.75) is 44.2 Å². The van der Waals surface area contributed by atoms with Crippen molar-refractivity contribution in [2.75, 3.05) is 45.7 Å². The van der Waals surface area contributed by atoms with Crippen molar-refractivity contribution in [2.24, 2.45) is 0 Å². The van der Waals surface area contributed by atoms with Gasteiger partial charge in [0.1, 0.15) is 12.4 Å². The Bertz CT molecular complexity index is 579. The first-order valence-electron chi connectivity index (χ1n) is 9.69. The van der Waals surface area contributed by atoms with Crippen LogP contribution in [-0.4, -0.2) is 68.4 Å². The summed E-state index contributed by atoms with van der Waals surface area (Å²) in [5, 5.41) is 3.02. The topological polar surface area (TPSA) is 54.0 Å². The van der Waals surface area contributed by atoms with Crippen LogP contribution in [0.3, 0.4) is 0 Å². The third-order valence-corrected chi connectivity index (χ3v) is 5.31. The maximum atomic E-state index is 12.6. The number of likely N-dealkylation sites (tertiary alicyclic amines) is 1. The molecule has 26 heavy (non-hydrogen) atoms. The van der Waals surface area contributed by atoms with Gasteiger partial charge in [-0.3, -0.25) is 0 Å². The maximum Gasteiger partial charge on any atom is 0.321 e. The second kappa shape index (κ2) is 9.24. The lowest BCUT2D eigenvalue weighted by Gasteiger charge is -2.35. The summed E-state index contributed by atoms with van der Waals surface area (Å²) < 4.78 is 11.7. The predicted octanol–water partition coefficient (Wildman–Crippen LogP) is 3.19. The van der Waals surface area contributed by atoms with Gasteiger partial charge in [-0.05, 0) is 58.3 Å². The summed E-state index contributed by atoms with van der Waals surface area (Å²) in [5.74, 6) is 0.707. The van der Waals surface area contributed by atoms with E-state index in [0.29, 0.717) is 18.4 Å². The lowest BCUT2D eigenvalue weighted by molar-refractivity contribution is -0.0109. The van der Waals surface area contributed by atoms with Gasteiger partial charge in [-0.2, -0.15) is 0 Å². The first kappa shape index (κ1) is 19.0. The molecular formula is C20H31N3O3. The lowest BCUT2D eigenvalue weighted by atomic mass is 10.0. The van der Waals surface area contributed by atoms with Crippen LogP contribution in [0.2, 0.25) is 0 Å². The van der Waals surface area contributed by atoms with Crippen LogP contribution in [0, 0.1) is 0 Å². The molecule has 2 aliphatic heterocycles. The van der Waals surface area contributed by atoms with Gasteiger partial charge in [-0.25, -0.2) is 4.79 Å². The van der Waals surface area contributed by atoms with Crippen LogP contribution in [0.25, 0.3) is 0 Å². The fourth-order valence-corrected chi connectivity index (χ4v) is 3.60. The molecule has 0 radical (unpaired) electrons. The van der Waals surface area contributed by atoms with Crippen molar-refractivity contribution >= 4 is 11.7 Å². The first-order valence-corrected chi connectivity index (χ1v) is 9.69. The van der Waals surface area contributed by atoms with Crippen molar-refractivity contribution in [1.29, 1.82) is 0 Å². The van der Waals surface area contributed by atoms with Crippen molar-refractivity contribution < 1.29 is 14.3 Å². The van der Waals surface area contributed by atoms with E-state index in [0.717, 1.165) is 51.1 Å². The molecule has 2 saturated heterocycles. The minimum Gasteiger partial charge on any atom is -0.489 e. The number of nitrogens with one attached hydrogen (secondary N) is 1. The molecule has 1 atom stereocenters. The Morgan fingerprint density at radius 3 is 2.69 bits per heavy atom. The average molecular weight is 361 g/mol. The summed E-state index contributed by atoms with van der Waals surface area (Å²) in [6.07, 6.45) is 5.53. The van der Waals surface area contributed by atoms with Crippen LogP contribution in [0.5, 0.6) is 5.75 Å². The Kier molecular flexibility index (Phi) is 6.74. The number of rotatable bonds is 5. The molecule has 1 aromatic carbocycles. The highest BCUT2D eigenvalue weighted by Crippen LogP contribution is 2.26. The Hall–Kier alpha value is -1.79. The normalized spacial score (nSPS) is 21.7. The minimum atomic E-state index is -0.0489. The van der Waals surface area contributed by atoms with Crippen molar-refractivity contribution in [3.8, 4) is 5.75 Å². The third-order valence-electron chi connectivity index (χ3n) is 5.31. The molecule has 1 aromatic rings. The van der Waals surface area contributed by atoms with Crippen LogP contribution >= 0.6 is 0 Å². The second-order valence-corrected chi connectivity index (χ2v) is 7.41. The third kappa shape index (κ3) is 5.11. The van der Waals surface area contributed by atoms with Crippen molar-refractivity contribution in [3.63, 3.8) is 0 Å². The summed E-state index contributed by atoms with van der Waals surface area (Å²) in [4.78, 5) is 16.8. The second-order valence-electron chi connectivity index (χ2n) is 7.41. The van der Waals surface area contributed by atoms with Crippen molar-refractivity contribution in [3.05, 3.63) is 24.3 Å². The lowest BCUT2D eigenvalue weighted by Crippen LogP contribution is -2.46. The molecule has 3 rings (SSSR count). The number of para-hydroxylation sites is 2. The highest BCUT2D eigenvalue weighted by atomic mass is 16.5. The van der Waals surface area contributed by atoms with E-state index >= 15 is 0 Å². The van der Waals surface area contributed by atoms with Gasteiger partial charge < -0.3 is 24.6 Å². The smallest absolute Gasteiger partial charge is 0.321 e. The van der Waals surface area contributed by atoms with Gasteiger partial charge in [0, 0.05) is 25.7 Å². The number of nitrogens with zero attached hydrogens (tertiary/aromatic N) is 2. The molecular weight excluding hydrogens is 330 g/mol. The Balaban J connectivity index is 1.53. The monoisotopic (exact) mass is 361 g/mol. The van der Waals surface area contributed by atoms with E-state index in [1.165, 1.54) is 6.42 Å². The number of piperidine rings is 1. The van der Waals surface area contributed by atoms with Crippen LogP contribution in [0.15, 0.2) is 24.3 Å². The number of anilines is 1. The summed E-state index contributed by atoms with van der Waals surface area (Å²) >= 11 is 0. The van der Waals surface area contributed by atoms with Gasteiger partial charge in [0.05, 0.1) is 11.8 Å². The summed E-state index contributed by atoms with van der Waals surface area (Å²) in [5.41, 5.74) is 0.725. The summed E-state index contributed by atoms with van der Waals surface area (Å²) in [6, 6.07) is 8.14. The van der Waals surface area contributed by atoms with E-state index in [2.05, 4.69) is 24.3 Å². The molecule has 0 spiro atoms. The van der Waals surface area contributed by atoms with Crippen LogP contribution in [0.1, 0.15) is 32.1 Å². The molecule has 144 valence electrons. The molecule has 0 unspecified atom stereocenters. The van der Waals surface area contributed by atoms with Gasteiger partial charge >= 0.3 is 6.03 Å². The van der Waals surface area contributed by atoms with Crippen LogP contribution in [0.4, 0.5) is 10.5 Å². The SMILES string of the molecule is CN(C)C1CCN(C(=O)Nc2ccccc2OC[C@@H]2CCCCO2)CC1. The number of carbonyl (C=O) groups excluding carboxylic acids is 1. The van der Waals surface area contributed by atoms with Gasteiger partial charge in [0.15, 0.2) is 0 Å². The highest BCUT2D eigenvalue weighted by molar-refractivity contribution is 5.91.